The second kappa shape index (κ2) is 4.30. The number of piperidine rings is 1. The zero-order valence-corrected chi connectivity index (χ0v) is 8.78. The largest absolute Gasteiger partial charge is 0.371 e. The van der Waals surface area contributed by atoms with Gasteiger partial charge in [-0.1, -0.05) is 12.2 Å². The van der Waals surface area contributed by atoms with E-state index < -0.39 is 0 Å². The highest BCUT2D eigenvalue weighted by molar-refractivity contribution is 5.75. The third-order valence-corrected chi connectivity index (χ3v) is 2.86. The van der Waals surface area contributed by atoms with Crippen molar-refractivity contribution in [3.05, 3.63) is 42.0 Å². The minimum Gasteiger partial charge on any atom is -0.371 e. The van der Waals surface area contributed by atoms with Crippen molar-refractivity contribution >= 4 is 12.0 Å². The molecule has 78 valence electrons. The van der Waals surface area contributed by atoms with Crippen LogP contribution in [-0.4, -0.2) is 19.4 Å². The van der Waals surface area contributed by atoms with Crippen molar-refractivity contribution in [3.8, 4) is 0 Å². The molecule has 2 nitrogen and oxygen atoms in total. The fraction of sp³-hybridized carbons (Fsp3) is 0.308. The van der Waals surface area contributed by atoms with E-state index in [0.29, 0.717) is 0 Å². The number of hydrogen-bond acceptors (Lipinski definition) is 2. The van der Waals surface area contributed by atoms with Gasteiger partial charge in [0.2, 0.25) is 0 Å². The highest BCUT2D eigenvalue weighted by atomic mass is 16.1. The summed E-state index contributed by atoms with van der Waals surface area (Å²) in [6, 6.07) is 7.76. The van der Waals surface area contributed by atoms with Crippen molar-refractivity contribution in [3.63, 3.8) is 0 Å². The number of carbonyl (C=O) groups is 1. The van der Waals surface area contributed by atoms with Crippen LogP contribution in [-0.2, 0) is 0 Å². The van der Waals surface area contributed by atoms with E-state index in [1.54, 1.807) is 0 Å². The molecule has 1 aliphatic rings. The Morgan fingerprint density at radius 2 is 1.73 bits per heavy atom. The molecule has 0 aliphatic carbocycles. The minimum atomic E-state index is 0.736. The first-order chi connectivity index (χ1) is 7.29. The molecule has 0 unspecified atom stereocenters. The standard InChI is InChI=1S/C13H15NO/c1-11-6-8-14(9-7-11)13-4-2-12(10-15)3-5-13/h2-5,10H,1,6-9H2. The lowest BCUT2D eigenvalue weighted by atomic mass is 10.1. The van der Waals surface area contributed by atoms with E-state index in [2.05, 4.69) is 11.5 Å². The lowest BCUT2D eigenvalue weighted by molar-refractivity contribution is 0.112. The summed E-state index contributed by atoms with van der Waals surface area (Å²) in [4.78, 5) is 12.8. The fourth-order valence-corrected chi connectivity index (χ4v) is 1.84. The first-order valence-electron chi connectivity index (χ1n) is 5.26. The summed E-state index contributed by atoms with van der Waals surface area (Å²) in [5, 5.41) is 0. The highest BCUT2D eigenvalue weighted by Gasteiger charge is 2.12. The lowest BCUT2D eigenvalue weighted by Gasteiger charge is -2.30. The van der Waals surface area contributed by atoms with Crippen LogP contribution in [0.3, 0.4) is 0 Å². The number of nitrogens with zero attached hydrogens (tertiary/aromatic N) is 1. The predicted octanol–water partition coefficient (Wildman–Crippen LogP) is 2.66. The van der Waals surface area contributed by atoms with Crippen molar-refractivity contribution in [1.82, 2.24) is 0 Å². The van der Waals surface area contributed by atoms with Crippen LogP contribution in [0.15, 0.2) is 36.4 Å². The van der Waals surface area contributed by atoms with E-state index in [9.17, 15) is 4.79 Å². The van der Waals surface area contributed by atoms with Gasteiger partial charge in [-0.3, -0.25) is 4.79 Å². The van der Waals surface area contributed by atoms with Crippen molar-refractivity contribution in [2.24, 2.45) is 0 Å². The Morgan fingerprint density at radius 1 is 1.13 bits per heavy atom. The van der Waals surface area contributed by atoms with Gasteiger partial charge in [-0.2, -0.15) is 0 Å². The SMILES string of the molecule is C=C1CCN(c2ccc(C=O)cc2)CC1. The fourth-order valence-electron chi connectivity index (χ4n) is 1.84. The molecule has 0 N–H and O–H groups in total. The van der Waals surface area contributed by atoms with Gasteiger partial charge >= 0.3 is 0 Å². The third-order valence-electron chi connectivity index (χ3n) is 2.86. The summed E-state index contributed by atoms with van der Waals surface area (Å²) in [5.41, 5.74) is 3.28. The predicted molar refractivity (Wildman–Crippen MR) is 62.4 cm³/mol. The Balaban J connectivity index is 2.09. The van der Waals surface area contributed by atoms with Gasteiger partial charge in [-0.15, -0.1) is 0 Å². The number of hydrogen-bond donors (Lipinski definition) is 0. The number of rotatable bonds is 2. The molecule has 2 rings (SSSR count). The number of anilines is 1. The van der Waals surface area contributed by atoms with Crippen molar-refractivity contribution in [2.75, 3.05) is 18.0 Å². The van der Waals surface area contributed by atoms with Gasteiger partial charge in [0, 0.05) is 24.3 Å². The van der Waals surface area contributed by atoms with Crippen LogP contribution in [0.25, 0.3) is 0 Å². The summed E-state index contributed by atoms with van der Waals surface area (Å²) < 4.78 is 0. The minimum absolute atomic E-state index is 0.736. The maximum absolute atomic E-state index is 10.5. The van der Waals surface area contributed by atoms with Crippen LogP contribution in [0, 0.1) is 0 Å². The maximum atomic E-state index is 10.5. The van der Waals surface area contributed by atoms with Gasteiger partial charge in [0.25, 0.3) is 0 Å². The molecule has 1 aromatic carbocycles. The molecule has 0 bridgehead atoms. The van der Waals surface area contributed by atoms with Gasteiger partial charge in [0.05, 0.1) is 0 Å². The van der Waals surface area contributed by atoms with Gasteiger partial charge in [0.15, 0.2) is 0 Å². The van der Waals surface area contributed by atoms with E-state index >= 15 is 0 Å². The second-order valence-corrected chi connectivity index (χ2v) is 3.95. The molecule has 0 saturated carbocycles. The van der Waals surface area contributed by atoms with Crippen LogP contribution >= 0.6 is 0 Å². The van der Waals surface area contributed by atoms with Gasteiger partial charge < -0.3 is 4.90 Å². The topological polar surface area (TPSA) is 20.3 Å². The zero-order valence-electron chi connectivity index (χ0n) is 8.78. The summed E-state index contributed by atoms with van der Waals surface area (Å²) in [5.74, 6) is 0. The Kier molecular flexibility index (Phi) is 2.86. The van der Waals surface area contributed by atoms with Crippen LogP contribution in [0.4, 0.5) is 5.69 Å². The number of benzene rings is 1. The van der Waals surface area contributed by atoms with Crippen LogP contribution < -0.4 is 4.90 Å². The Labute approximate surface area is 90.2 Å². The van der Waals surface area contributed by atoms with Crippen molar-refractivity contribution < 1.29 is 4.79 Å². The molecule has 1 heterocycles. The van der Waals surface area contributed by atoms with E-state index in [0.717, 1.165) is 37.8 Å². The normalized spacial score (nSPS) is 16.5. The van der Waals surface area contributed by atoms with Crippen LogP contribution in [0.5, 0.6) is 0 Å². The average Bonchev–Trinajstić information content (AvgIpc) is 2.30. The Hall–Kier alpha value is -1.57. The first kappa shape index (κ1) is 9.97. The van der Waals surface area contributed by atoms with E-state index in [4.69, 9.17) is 0 Å². The summed E-state index contributed by atoms with van der Waals surface area (Å²) in [6.07, 6.45) is 3.03. The molecule has 15 heavy (non-hydrogen) atoms. The average molecular weight is 201 g/mol. The molecule has 1 saturated heterocycles. The van der Waals surface area contributed by atoms with E-state index in [1.807, 2.05) is 24.3 Å². The molecule has 2 heteroatoms. The van der Waals surface area contributed by atoms with Gasteiger partial charge in [-0.25, -0.2) is 0 Å². The molecule has 1 aliphatic heterocycles. The molecule has 1 aromatic rings. The second-order valence-electron chi connectivity index (χ2n) is 3.95. The van der Waals surface area contributed by atoms with Gasteiger partial charge in [-0.05, 0) is 37.1 Å². The van der Waals surface area contributed by atoms with E-state index in [1.165, 1.54) is 11.3 Å². The Bertz CT molecular complexity index is 357. The van der Waals surface area contributed by atoms with Gasteiger partial charge in [0.1, 0.15) is 6.29 Å². The molecule has 0 spiro atoms. The zero-order chi connectivity index (χ0) is 10.7. The summed E-state index contributed by atoms with van der Waals surface area (Å²) in [7, 11) is 0. The molecule has 0 radical (unpaired) electrons. The lowest BCUT2D eigenvalue weighted by Crippen LogP contribution is -2.30. The molecule has 1 fully saturated rings. The van der Waals surface area contributed by atoms with Crippen LogP contribution in [0.2, 0.25) is 0 Å². The molecular formula is C13H15NO. The highest BCUT2D eigenvalue weighted by Crippen LogP contribution is 2.21. The number of aldehydes is 1. The van der Waals surface area contributed by atoms with Crippen molar-refractivity contribution in [1.29, 1.82) is 0 Å². The first-order valence-corrected chi connectivity index (χ1v) is 5.26. The third kappa shape index (κ3) is 2.27. The van der Waals surface area contributed by atoms with E-state index in [-0.39, 0.29) is 0 Å². The van der Waals surface area contributed by atoms with Crippen LogP contribution in [0.1, 0.15) is 23.2 Å². The molecule has 0 amide bonds. The number of carbonyl (C=O) groups excluding carboxylic acids is 1. The molecular weight excluding hydrogens is 186 g/mol. The van der Waals surface area contributed by atoms with Crippen molar-refractivity contribution in [2.45, 2.75) is 12.8 Å². The molecule has 0 atom stereocenters. The molecule has 0 aromatic heterocycles. The maximum Gasteiger partial charge on any atom is 0.150 e. The quantitative estimate of drug-likeness (QED) is 0.541. The summed E-state index contributed by atoms with van der Waals surface area (Å²) in [6.45, 7) is 6.08. The monoisotopic (exact) mass is 201 g/mol. The Morgan fingerprint density at radius 3 is 2.27 bits per heavy atom. The smallest absolute Gasteiger partial charge is 0.150 e. The summed E-state index contributed by atoms with van der Waals surface area (Å²) >= 11 is 0.